The van der Waals surface area contributed by atoms with E-state index in [-0.39, 0.29) is 12.3 Å². The molecule has 6 heteroatoms. The largest absolute Gasteiger partial charge is 0.388 e. The van der Waals surface area contributed by atoms with Crippen molar-refractivity contribution in [3.63, 3.8) is 0 Å². The summed E-state index contributed by atoms with van der Waals surface area (Å²) in [5.41, 5.74) is 5.02. The van der Waals surface area contributed by atoms with E-state index in [1.807, 2.05) is 36.4 Å². The first-order valence-corrected chi connectivity index (χ1v) is 8.58. The summed E-state index contributed by atoms with van der Waals surface area (Å²) < 4.78 is 0. The van der Waals surface area contributed by atoms with Gasteiger partial charge in [-0.3, -0.25) is 14.8 Å². The summed E-state index contributed by atoms with van der Waals surface area (Å²) in [5, 5.41) is 21.3. The quantitative estimate of drug-likeness (QED) is 0.332. The van der Waals surface area contributed by atoms with E-state index in [9.17, 15) is 14.7 Å². The van der Waals surface area contributed by atoms with Gasteiger partial charge in [-0.05, 0) is 41.7 Å². The van der Waals surface area contributed by atoms with Gasteiger partial charge in [0.25, 0.3) is 5.91 Å². The van der Waals surface area contributed by atoms with Crippen LogP contribution in [0, 0.1) is 0 Å². The van der Waals surface area contributed by atoms with Crippen LogP contribution in [0.2, 0.25) is 0 Å². The second-order valence-corrected chi connectivity index (χ2v) is 6.08. The molecule has 1 atom stereocenters. The molecule has 138 valence electrons. The van der Waals surface area contributed by atoms with Crippen molar-refractivity contribution in [1.82, 2.24) is 10.8 Å². The first kappa shape index (κ1) is 19.6. The Morgan fingerprint density at radius 1 is 0.962 bits per heavy atom. The van der Waals surface area contributed by atoms with Crippen molar-refractivity contribution >= 4 is 11.8 Å². The lowest BCUT2D eigenvalue weighted by molar-refractivity contribution is -0.129. The highest BCUT2D eigenvalue weighted by Gasteiger charge is 2.09. The summed E-state index contributed by atoms with van der Waals surface area (Å²) >= 11 is 0. The van der Waals surface area contributed by atoms with Crippen molar-refractivity contribution in [3.8, 4) is 11.1 Å². The maximum absolute atomic E-state index is 11.6. The number of nitrogens with one attached hydrogen (secondary N) is 2. The third-order valence-corrected chi connectivity index (χ3v) is 4.26. The predicted octanol–water partition coefficient (Wildman–Crippen LogP) is 2.81. The number of hydrogen-bond acceptors (Lipinski definition) is 4. The van der Waals surface area contributed by atoms with Crippen molar-refractivity contribution in [2.75, 3.05) is 7.05 Å². The summed E-state index contributed by atoms with van der Waals surface area (Å²) in [7, 11) is 1.60. The zero-order valence-corrected chi connectivity index (χ0v) is 14.7. The molecule has 0 saturated carbocycles. The highest BCUT2D eigenvalue weighted by molar-refractivity contribution is 5.94. The van der Waals surface area contributed by atoms with E-state index >= 15 is 0 Å². The van der Waals surface area contributed by atoms with Gasteiger partial charge in [0.15, 0.2) is 0 Å². The third kappa shape index (κ3) is 5.40. The minimum absolute atomic E-state index is 0.119. The standard InChI is InChI=1S/C20H24N2O4/c1-21-20(25)17-12-8-15(9-13-17)14-6-10-16(11-7-14)18(23)4-2-3-5-19(24)22-26/h6-13,18,23,26H,2-5H2,1H3,(H,21,25)(H,22,24). The van der Waals surface area contributed by atoms with Crippen LogP contribution in [-0.4, -0.2) is 29.2 Å². The van der Waals surface area contributed by atoms with Gasteiger partial charge < -0.3 is 10.4 Å². The van der Waals surface area contributed by atoms with Crippen LogP contribution in [0.1, 0.15) is 47.7 Å². The van der Waals surface area contributed by atoms with E-state index in [4.69, 9.17) is 5.21 Å². The molecule has 0 saturated heterocycles. The molecule has 0 aliphatic carbocycles. The lowest BCUT2D eigenvalue weighted by atomic mass is 9.98. The van der Waals surface area contributed by atoms with Crippen molar-refractivity contribution in [3.05, 3.63) is 59.7 Å². The van der Waals surface area contributed by atoms with Crippen LogP contribution >= 0.6 is 0 Å². The Kier molecular flexibility index (Phi) is 7.32. The molecule has 0 radical (unpaired) electrons. The summed E-state index contributed by atoms with van der Waals surface area (Å²) in [6.45, 7) is 0. The molecule has 6 nitrogen and oxygen atoms in total. The molecule has 4 N–H and O–H groups in total. The SMILES string of the molecule is CNC(=O)c1ccc(-c2ccc(C(O)CCCCC(=O)NO)cc2)cc1. The van der Waals surface area contributed by atoms with Gasteiger partial charge in [-0.1, -0.05) is 42.8 Å². The normalized spacial score (nSPS) is 11.7. The Labute approximate surface area is 152 Å². The van der Waals surface area contributed by atoms with Gasteiger partial charge in [0.1, 0.15) is 0 Å². The fourth-order valence-corrected chi connectivity index (χ4v) is 2.70. The fourth-order valence-electron chi connectivity index (χ4n) is 2.70. The molecule has 0 aliphatic rings. The Balaban J connectivity index is 1.92. The number of carbonyl (C=O) groups is 2. The van der Waals surface area contributed by atoms with Gasteiger partial charge in [0, 0.05) is 19.0 Å². The molecule has 0 aromatic heterocycles. The average Bonchev–Trinajstić information content (AvgIpc) is 2.70. The summed E-state index contributed by atoms with van der Waals surface area (Å²) in [4.78, 5) is 22.5. The number of unbranched alkanes of at least 4 members (excludes halogenated alkanes) is 1. The molecule has 0 bridgehead atoms. The van der Waals surface area contributed by atoms with Crippen LogP contribution in [0.5, 0.6) is 0 Å². The Morgan fingerprint density at radius 2 is 1.54 bits per heavy atom. The number of hydrogen-bond donors (Lipinski definition) is 4. The van der Waals surface area contributed by atoms with Crippen LogP contribution in [0.4, 0.5) is 0 Å². The molecular formula is C20H24N2O4. The molecule has 0 spiro atoms. The lowest BCUT2D eigenvalue weighted by Gasteiger charge is -2.12. The second kappa shape index (κ2) is 9.70. The molecule has 0 aliphatic heterocycles. The number of benzene rings is 2. The number of amides is 2. The third-order valence-electron chi connectivity index (χ3n) is 4.26. The van der Waals surface area contributed by atoms with Gasteiger partial charge in [0.05, 0.1) is 6.10 Å². The molecule has 2 aromatic carbocycles. The Hall–Kier alpha value is -2.70. The monoisotopic (exact) mass is 356 g/mol. The van der Waals surface area contributed by atoms with Crippen molar-refractivity contribution in [2.24, 2.45) is 0 Å². The average molecular weight is 356 g/mol. The molecule has 0 fully saturated rings. The maximum Gasteiger partial charge on any atom is 0.251 e. The van der Waals surface area contributed by atoms with Crippen LogP contribution in [0.3, 0.4) is 0 Å². The minimum atomic E-state index is -0.586. The van der Waals surface area contributed by atoms with Gasteiger partial charge in [-0.25, -0.2) is 5.48 Å². The fraction of sp³-hybridized carbons (Fsp3) is 0.300. The first-order valence-electron chi connectivity index (χ1n) is 8.58. The summed E-state index contributed by atoms with van der Waals surface area (Å²) in [5.74, 6) is -0.530. The Bertz CT molecular complexity index is 726. The smallest absolute Gasteiger partial charge is 0.251 e. The van der Waals surface area contributed by atoms with E-state index in [2.05, 4.69) is 5.32 Å². The van der Waals surface area contributed by atoms with Gasteiger partial charge in [-0.15, -0.1) is 0 Å². The number of aliphatic hydroxyl groups is 1. The van der Waals surface area contributed by atoms with Crippen LogP contribution < -0.4 is 10.8 Å². The number of aliphatic hydroxyl groups excluding tert-OH is 1. The lowest BCUT2D eigenvalue weighted by Crippen LogP contribution is -2.17. The van der Waals surface area contributed by atoms with E-state index in [1.54, 1.807) is 24.7 Å². The highest BCUT2D eigenvalue weighted by atomic mass is 16.5. The topological polar surface area (TPSA) is 98.7 Å². The summed E-state index contributed by atoms with van der Waals surface area (Å²) in [6.07, 6.45) is 1.51. The molecular weight excluding hydrogens is 332 g/mol. The van der Waals surface area contributed by atoms with Crippen molar-refractivity contribution in [2.45, 2.75) is 31.8 Å². The number of hydroxylamine groups is 1. The van der Waals surface area contributed by atoms with Crippen LogP contribution in [0.25, 0.3) is 11.1 Å². The van der Waals surface area contributed by atoms with Crippen LogP contribution in [-0.2, 0) is 4.79 Å². The van der Waals surface area contributed by atoms with E-state index in [0.717, 1.165) is 16.7 Å². The van der Waals surface area contributed by atoms with Crippen LogP contribution in [0.15, 0.2) is 48.5 Å². The van der Waals surface area contributed by atoms with Gasteiger partial charge in [-0.2, -0.15) is 0 Å². The second-order valence-electron chi connectivity index (χ2n) is 6.08. The maximum atomic E-state index is 11.6. The molecule has 2 aromatic rings. The molecule has 0 heterocycles. The Morgan fingerprint density at radius 3 is 2.08 bits per heavy atom. The van der Waals surface area contributed by atoms with Crippen molar-refractivity contribution in [1.29, 1.82) is 0 Å². The van der Waals surface area contributed by atoms with Gasteiger partial charge in [0.2, 0.25) is 5.91 Å². The molecule has 26 heavy (non-hydrogen) atoms. The van der Waals surface area contributed by atoms with E-state index < -0.39 is 12.0 Å². The highest BCUT2D eigenvalue weighted by Crippen LogP contribution is 2.25. The first-order chi connectivity index (χ1) is 12.5. The predicted molar refractivity (Wildman–Crippen MR) is 98.6 cm³/mol. The van der Waals surface area contributed by atoms with Gasteiger partial charge >= 0.3 is 0 Å². The summed E-state index contributed by atoms with van der Waals surface area (Å²) in [6, 6.07) is 15.0. The molecule has 2 amide bonds. The molecule has 2 rings (SSSR count). The number of carbonyl (C=O) groups excluding carboxylic acids is 2. The van der Waals surface area contributed by atoms with Crippen molar-refractivity contribution < 1.29 is 19.9 Å². The minimum Gasteiger partial charge on any atom is -0.388 e. The zero-order valence-electron chi connectivity index (χ0n) is 14.7. The van der Waals surface area contributed by atoms with E-state index in [0.29, 0.717) is 24.8 Å². The zero-order chi connectivity index (χ0) is 18.9. The molecule has 1 unspecified atom stereocenters. The number of rotatable bonds is 8. The van der Waals surface area contributed by atoms with E-state index in [1.165, 1.54) is 0 Å².